The van der Waals surface area contributed by atoms with Crippen molar-refractivity contribution in [2.24, 2.45) is 0 Å². The van der Waals surface area contributed by atoms with E-state index in [4.69, 9.17) is 0 Å². The molecule has 5 heteroatoms. The molecule has 0 atom stereocenters. The van der Waals surface area contributed by atoms with E-state index in [-0.39, 0.29) is 12.4 Å². The molecule has 0 spiro atoms. The van der Waals surface area contributed by atoms with Crippen LogP contribution >= 0.6 is 12.4 Å². The Morgan fingerprint density at radius 2 is 1.93 bits per heavy atom. The summed E-state index contributed by atoms with van der Waals surface area (Å²) in [4.78, 5) is 11.2. The van der Waals surface area contributed by atoms with Crippen LogP contribution < -0.4 is 10.2 Å². The summed E-state index contributed by atoms with van der Waals surface area (Å²) in [6.45, 7) is 8.13. The van der Waals surface area contributed by atoms with Crippen LogP contribution in [0, 0.1) is 13.8 Å². The van der Waals surface area contributed by atoms with Gasteiger partial charge in [-0.1, -0.05) is 0 Å². The maximum Gasteiger partial charge on any atom is 0.150 e. The summed E-state index contributed by atoms with van der Waals surface area (Å²) in [5, 5.41) is 3.33. The third kappa shape index (κ3) is 2.79. The number of hydrogen-bond acceptors (Lipinski definition) is 4. The number of nitrogens with one attached hydrogen (secondary N) is 1. The van der Waals surface area contributed by atoms with E-state index in [1.807, 2.05) is 20.0 Å². The van der Waals surface area contributed by atoms with Gasteiger partial charge in [0.05, 0.1) is 17.6 Å². The fourth-order valence-corrected chi connectivity index (χ4v) is 1.78. The lowest BCUT2D eigenvalue weighted by Crippen LogP contribution is -2.44. The molecule has 1 N–H and O–H groups in total. The van der Waals surface area contributed by atoms with Crippen molar-refractivity contribution in [3.05, 3.63) is 17.6 Å². The van der Waals surface area contributed by atoms with Crippen LogP contribution in [0.1, 0.15) is 11.4 Å². The second-order valence-corrected chi connectivity index (χ2v) is 3.66. The molecular weight excluding hydrogens is 212 g/mol. The summed E-state index contributed by atoms with van der Waals surface area (Å²) < 4.78 is 0. The first-order valence-electron chi connectivity index (χ1n) is 5.03. The third-order valence-electron chi connectivity index (χ3n) is 2.46. The van der Waals surface area contributed by atoms with Gasteiger partial charge in [0.1, 0.15) is 5.82 Å². The molecule has 2 rings (SSSR count). The molecule has 1 fully saturated rings. The first-order valence-corrected chi connectivity index (χ1v) is 5.03. The molecule has 0 aliphatic carbocycles. The minimum atomic E-state index is 0. The van der Waals surface area contributed by atoms with E-state index >= 15 is 0 Å². The second kappa shape index (κ2) is 5.28. The predicted octanol–water partition coefficient (Wildman–Crippen LogP) is 0.925. The van der Waals surface area contributed by atoms with Crippen molar-refractivity contribution in [1.82, 2.24) is 15.3 Å². The quantitative estimate of drug-likeness (QED) is 0.777. The van der Waals surface area contributed by atoms with Gasteiger partial charge in [-0.3, -0.25) is 4.98 Å². The third-order valence-corrected chi connectivity index (χ3v) is 2.46. The number of aromatic nitrogens is 2. The molecule has 0 amide bonds. The monoisotopic (exact) mass is 228 g/mol. The molecule has 1 aromatic heterocycles. The highest BCUT2D eigenvalue weighted by molar-refractivity contribution is 5.85. The topological polar surface area (TPSA) is 41.1 Å². The minimum absolute atomic E-state index is 0. The van der Waals surface area contributed by atoms with Gasteiger partial charge in [0.25, 0.3) is 0 Å². The lowest BCUT2D eigenvalue weighted by Gasteiger charge is -2.29. The van der Waals surface area contributed by atoms with Gasteiger partial charge in [0.15, 0.2) is 0 Å². The van der Waals surface area contributed by atoms with Crippen molar-refractivity contribution in [3.63, 3.8) is 0 Å². The molecular formula is C10H17ClN4. The molecule has 1 aliphatic heterocycles. The van der Waals surface area contributed by atoms with Gasteiger partial charge >= 0.3 is 0 Å². The van der Waals surface area contributed by atoms with Crippen molar-refractivity contribution in [2.45, 2.75) is 13.8 Å². The zero-order chi connectivity index (χ0) is 9.97. The maximum atomic E-state index is 4.44. The summed E-state index contributed by atoms with van der Waals surface area (Å²) in [5.74, 6) is 1.04. The molecule has 0 bridgehead atoms. The highest BCUT2D eigenvalue weighted by atomic mass is 35.5. The van der Waals surface area contributed by atoms with Gasteiger partial charge in [0.2, 0.25) is 0 Å². The van der Waals surface area contributed by atoms with E-state index in [9.17, 15) is 0 Å². The van der Waals surface area contributed by atoms with E-state index in [1.54, 1.807) is 0 Å². The Morgan fingerprint density at radius 1 is 1.27 bits per heavy atom. The molecule has 0 unspecified atom stereocenters. The molecule has 0 saturated carbocycles. The number of halogens is 1. The number of nitrogens with zero attached hydrogens (tertiary/aromatic N) is 3. The number of rotatable bonds is 1. The van der Waals surface area contributed by atoms with Crippen molar-refractivity contribution < 1.29 is 0 Å². The Bertz CT molecular complexity index is 323. The standard InChI is InChI=1S/C10H16N4.ClH/c1-8-7-12-10(9(2)13-8)14-5-3-11-4-6-14;/h7,11H,3-6H2,1-2H3;1H. The van der Waals surface area contributed by atoms with Crippen LogP contribution in [0.4, 0.5) is 5.82 Å². The largest absolute Gasteiger partial charge is 0.353 e. The van der Waals surface area contributed by atoms with E-state index < -0.39 is 0 Å². The Morgan fingerprint density at radius 3 is 2.53 bits per heavy atom. The van der Waals surface area contributed by atoms with Gasteiger partial charge in [-0.15, -0.1) is 12.4 Å². The number of hydrogen-bond donors (Lipinski definition) is 1. The van der Waals surface area contributed by atoms with Crippen LogP contribution in [0.2, 0.25) is 0 Å². The first-order chi connectivity index (χ1) is 6.77. The summed E-state index contributed by atoms with van der Waals surface area (Å²) >= 11 is 0. The fraction of sp³-hybridized carbons (Fsp3) is 0.600. The van der Waals surface area contributed by atoms with Crippen molar-refractivity contribution in [1.29, 1.82) is 0 Å². The summed E-state index contributed by atoms with van der Waals surface area (Å²) in [6, 6.07) is 0. The number of piperazine rings is 1. The van der Waals surface area contributed by atoms with Crippen LogP contribution in [0.15, 0.2) is 6.20 Å². The normalized spacial score (nSPS) is 16.0. The van der Waals surface area contributed by atoms with E-state index in [0.717, 1.165) is 43.4 Å². The van der Waals surface area contributed by atoms with Crippen LogP contribution in [0.5, 0.6) is 0 Å². The summed E-state index contributed by atoms with van der Waals surface area (Å²) in [5.41, 5.74) is 2.02. The molecule has 2 heterocycles. The summed E-state index contributed by atoms with van der Waals surface area (Å²) in [7, 11) is 0. The fourth-order valence-electron chi connectivity index (χ4n) is 1.78. The van der Waals surface area contributed by atoms with Gasteiger partial charge in [-0.2, -0.15) is 0 Å². The smallest absolute Gasteiger partial charge is 0.150 e. The second-order valence-electron chi connectivity index (χ2n) is 3.66. The molecule has 0 aromatic carbocycles. The average Bonchev–Trinajstić information content (AvgIpc) is 2.19. The Hall–Kier alpha value is -0.870. The Balaban J connectivity index is 0.00000112. The van der Waals surface area contributed by atoms with Crippen molar-refractivity contribution >= 4 is 18.2 Å². The highest BCUT2D eigenvalue weighted by Crippen LogP contribution is 2.14. The molecule has 1 aromatic rings. The maximum absolute atomic E-state index is 4.44. The molecule has 1 saturated heterocycles. The van der Waals surface area contributed by atoms with Crippen LogP contribution in [0.25, 0.3) is 0 Å². The molecule has 84 valence electrons. The molecule has 1 aliphatic rings. The van der Waals surface area contributed by atoms with E-state index in [1.165, 1.54) is 0 Å². The minimum Gasteiger partial charge on any atom is -0.353 e. The van der Waals surface area contributed by atoms with Crippen LogP contribution in [0.3, 0.4) is 0 Å². The van der Waals surface area contributed by atoms with Gasteiger partial charge in [-0.25, -0.2) is 4.98 Å². The number of aryl methyl sites for hydroxylation is 2. The van der Waals surface area contributed by atoms with Gasteiger partial charge in [0, 0.05) is 26.2 Å². The Labute approximate surface area is 96.5 Å². The lowest BCUT2D eigenvalue weighted by atomic mass is 10.3. The zero-order valence-corrected chi connectivity index (χ0v) is 9.97. The average molecular weight is 229 g/mol. The SMILES string of the molecule is Cc1cnc(N2CCNCC2)c(C)n1.Cl. The summed E-state index contributed by atoms with van der Waals surface area (Å²) in [6.07, 6.45) is 1.84. The van der Waals surface area contributed by atoms with E-state index in [0.29, 0.717) is 0 Å². The lowest BCUT2D eigenvalue weighted by molar-refractivity contribution is 0.582. The predicted molar refractivity (Wildman–Crippen MR) is 63.8 cm³/mol. The Kier molecular flexibility index (Phi) is 4.29. The van der Waals surface area contributed by atoms with Crippen molar-refractivity contribution in [3.8, 4) is 0 Å². The molecule has 15 heavy (non-hydrogen) atoms. The molecule has 4 nitrogen and oxygen atoms in total. The van der Waals surface area contributed by atoms with E-state index in [2.05, 4.69) is 20.2 Å². The van der Waals surface area contributed by atoms with Gasteiger partial charge in [-0.05, 0) is 13.8 Å². The van der Waals surface area contributed by atoms with Crippen LogP contribution in [-0.4, -0.2) is 36.1 Å². The van der Waals surface area contributed by atoms with Crippen molar-refractivity contribution in [2.75, 3.05) is 31.1 Å². The van der Waals surface area contributed by atoms with Crippen LogP contribution in [-0.2, 0) is 0 Å². The molecule has 0 radical (unpaired) electrons. The highest BCUT2D eigenvalue weighted by Gasteiger charge is 2.14. The first kappa shape index (κ1) is 12.2. The van der Waals surface area contributed by atoms with Gasteiger partial charge < -0.3 is 10.2 Å². The number of anilines is 1. The zero-order valence-electron chi connectivity index (χ0n) is 9.16.